The van der Waals surface area contributed by atoms with Gasteiger partial charge in [0.05, 0.1) is 16.9 Å². The lowest BCUT2D eigenvalue weighted by Crippen LogP contribution is -2.58. The number of thioether (sulfide) groups is 1. The third kappa shape index (κ3) is 2.11. The van der Waals surface area contributed by atoms with Gasteiger partial charge in [0.1, 0.15) is 0 Å². The van der Waals surface area contributed by atoms with Gasteiger partial charge in [0.15, 0.2) is 0 Å². The second-order valence-corrected chi connectivity index (χ2v) is 7.24. The highest BCUT2D eigenvalue weighted by Crippen LogP contribution is 2.44. The number of para-hydroxylation sites is 2. The highest BCUT2D eigenvalue weighted by molar-refractivity contribution is 8.00. The minimum Gasteiger partial charge on any atom is -0.371 e. The van der Waals surface area contributed by atoms with Crippen molar-refractivity contribution in [3.63, 3.8) is 0 Å². The number of rotatable bonds is 2. The van der Waals surface area contributed by atoms with Crippen molar-refractivity contribution in [2.24, 2.45) is 5.73 Å². The van der Waals surface area contributed by atoms with E-state index in [1.165, 1.54) is 17.8 Å². The third-order valence-electron chi connectivity index (χ3n) is 4.50. The molecule has 2 N–H and O–H groups in total. The summed E-state index contributed by atoms with van der Waals surface area (Å²) in [5.74, 6) is 1.16. The van der Waals surface area contributed by atoms with Gasteiger partial charge < -0.3 is 15.5 Å². The van der Waals surface area contributed by atoms with Crippen LogP contribution in [0.15, 0.2) is 24.3 Å². The Balaban J connectivity index is 2.00. The molecular weight excluding hydrogens is 254 g/mol. The molecule has 0 saturated carbocycles. The molecule has 0 radical (unpaired) electrons. The van der Waals surface area contributed by atoms with Crippen LogP contribution in [0.4, 0.5) is 11.4 Å². The molecule has 0 aliphatic carbocycles. The van der Waals surface area contributed by atoms with Gasteiger partial charge in [0, 0.05) is 37.7 Å². The molecule has 2 heterocycles. The maximum atomic E-state index is 6.19. The maximum absolute atomic E-state index is 6.19. The molecule has 0 bridgehead atoms. The van der Waals surface area contributed by atoms with Crippen molar-refractivity contribution in [3.8, 4) is 0 Å². The first-order valence-electron chi connectivity index (χ1n) is 7.06. The molecule has 0 amide bonds. The molecule has 3 nitrogen and oxygen atoms in total. The Labute approximate surface area is 120 Å². The van der Waals surface area contributed by atoms with Crippen LogP contribution in [-0.4, -0.2) is 43.2 Å². The quantitative estimate of drug-likeness (QED) is 0.898. The summed E-state index contributed by atoms with van der Waals surface area (Å²) >= 11 is 2.06. The lowest BCUT2D eigenvalue weighted by atomic mass is 9.92. The second kappa shape index (κ2) is 4.91. The number of nitrogens with two attached hydrogens (primary N) is 1. The lowest BCUT2D eigenvalue weighted by molar-refractivity contribution is 0.420. The molecule has 1 saturated heterocycles. The normalized spacial score (nSPS) is 30.6. The summed E-state index contributed by atoms with van der Waals surface area (Å²) in [6.07, 6.45) is 1.20. The van der Waals surface area contributed by atoms with Gasteiger partial charge in [0.25, 0.3) is 0 Å². The topological polar surface area (TPSA) is 32.5 Å². The summed E-state index contributed by atoms with van der Waals surface area (Å²) in [4.78, 5) is 4.93. The highest BCUT2D eigenvalue weighted by Gasteiger charge is 2.43. The van der Waals surface area contributed by atoms with Crippen LogP contribution >= 0.6 is 11.8 Å². The molecule has 1 aromatic carbocycles. The Bertz CT molecular complexity index is 464. The highest BCUT2D eigenvalue weighted by atomic mass is 32.2. The van der Waals surface area contributed by atoms with E-state index in [2.05, 4.69) is 59.8 Å². The van der Waals surface area contributed by atoms with Crippen LogP contribution in [-0.2, 0) is 0 Å². The van der Waals surface area contributed by atoms with Gasteiger partial charge in [-0.3, -0.25) is 0 Å². The second-order valence-electron chi connectivity index (χ2n) is 5.82. The summed E-state index contributed by atoms with van der Waals surface area (Å²) in [5.41, 5.74) is 9.04. The molecule has 1 aromatic rings. The molecule has 2 aliphatic rings. The summed E-state index contributed by atoms with van der Waals surface area (Å²) in [6, 6.07) is 8.73. The molecule has 1 fully saturated rings. The van der Waals surface area contributed by atoms with Crippen LogP contribution in [0.25, 0.3) is 0 Å². The molecule has 2 unspecified atom stereocenters. The minimum atomic E-state index is 0.154. The smallest absolute Gasteiger partial charge is 0.0626 e. The maximum Gasteiger partial charge on any atom is 0.0626 e. The van der Waals surface area contributed by atoms with Crippen LogP contribution < -0.4 is 15.5 Å². The first-order chi connectivity index (χ1) is 9.16. The number of benzene rings is 1. The molecule has 104 valence electrons. The summed E-state index contributed by atoms with van der Waals surface area (Å²) in [6.45, 7) is 5.24. The van der Waals surface area contributed by atoms with Crippen molar-refractivity contribution >= 4 is 23.1 Å². The van der Waals surface area contributed by atoms with Crippen LogP contribution in [0.3, 0.4) is 0 Å². The SMILES string of the molecule is CC1CC(CN)(N2CCN(C)c3ccccc32)CS1. The van der Waals surface area contributed by atoms with Crippen LogP contribution in [0, 0.1) is 0 Å². The number of hydrogen-bond donors (Lipinski definition) is 1. The van der Waals surface area contributed by atoms with E-state index in [0.29, 0.717) is 0 Å². The minimum absolute atomic E-state index is 0.154. The van der Waals surface area contributed by atoms with Crippen molar-refractivity contribution < 1.29 is 0 Å². The van der Waals surface area contributed by atoms with Gasteiger partial charge in [-0.05, 0) is 18.6 Å². The molecular formula is C15H23N3S. The fourth-order valence-electron chi connectivity index (χ4n) is 3.39. The van der Waals surface area contributed by atoms with E-state index in [4.69, 9.17) is 5.73 Å². The zero-order valence-corrected chi connectivity index (χ0v) is 12.6. The number of fused-ring (bicyclic) bond motifs is 1. The summed E-state index contributed by atoms with van der Waals surface area (Å²) in [5, 5.41) is 0.718. The first-order valence-corrected chi connectivity index (χ1v) is 8.11. The first kappa shape index (κ1) is 13.1. The van der Waals surface area contributed by atoms with Gasteiger partial charge in [-0.2, -0.15) is 11.8 Å². The Morgan fingerprint density at radius 3 is 2.68 bits per heavy atom. The largest absolute Gasteiger partial charge is 0.371 e. The van der Waals surface area contributed by atoms with Crippen molar-refractivity contribution in [1.29, 1.82) is 0 Å². The Hall–Kier alpha value is -0.870. The van der Waals surface area contributed by atoms with Crippen LogP contribution in [0.5, 0.6) is 0 Å². The van der Waals surface area contributed by atoms with Crippen molar-refractivity contribution in [2.45, 2.75) is 24.1 Å². The van der Waals surface area contributed by atoms with Crippen LogP contribution in [0.2, 0.25) is 0 Å². The molecule has 2 atom stereocenters. The zero-order chi connectivity index (χ0) is 13.5. The van der Waals surface area contributed by atoms with Crippen LogP contribution in [0.1, 0.15) is 13.3 Å². The Morgan fingerprint density at radius 1 is 1.32 bits per heavy atom. The zero-order valence-electron chi connectivity index (χ0n) is 11.8. The van der Waals surface area contributed by atoms with Crippen molar-refractivity contribution in [2.75, 3.05) is 42.2 Å². The van der Waals surface area contributed by atoms with E-state index in [0.717, 1.165) is 30.6 Å². The fourth-order valence-corrected chi connectivity index (χ4v) is 4.80. The molecule has 3 rings (SSSR count). The van der Waals surface area contributed by atoms with Crippen molar-refractivity contribution in [1.82, 2.24) is 0 Å². The predicted octanol–water partition coefficient (Wildman–Crippen LogP) is 2.17. The average molecular weight is 277 g/mol. The van der Waals surface area contributed by atoms with Gasteiger partial charge in [-0.1, -0.05) is 19.1 Å². The van der Waals surface area contributed by atoms with E-state index in [1.54, 1.807) is 0 Å². The Kier molecular flexibility index (Phi) is 3.39. The monoisotopic (exact) mass is 277 g/mol. The van der Waals surface area contributed by atoms with E-state index in [-0.39, 0.29) is 5.54 Å². The van der Waals surface area contributed by atoms with E-state index < -0.39 is 0 Å². The van der Waals surface area contributed by atoms with Gasteiger partial charge in [-0.15, -0.1) is 0 Å². The van der Waals surface area contributed by atoms with E-state index in [9.17, 15) is 0 Å². The van der Waals surface area contributed by atoms with Gasteiger partial charge in [0.2, 0.25) is 0 Å². The van der Waals surface area contributed by atoms with Gasteiger partial charge in [-0.25, -0.2) is 0 Å². The summed E-state index contributed by atoms with van der Waals surface area (Å²) in [7, 11) is 2.18. The number of anilines is 2. The fraction of sp³-hybridized carbons (Fsp3) is 0.600. The number of nitrogens with zero attached hydrogens (tertiary/aromatic N) is 2. The lowest BCUT2D eigenvalue weighted by Gasteiger charge is -2.47. The third-order valence-corrected chi connectivity index (χ3v) is 5.94. The molecule has 4 heteroatoms. The van der Waals surface area contributed by atoms with E-state index >= 15 is 0 Å². The Morgan fingerprint density at radius 2 is 2.05 bits per heavy atom. The average Bonchev–Trinajstić information content (AvgIpc) is 2.82. The van der Waals surface area contributed by atoms with E-state index in [1.807, 2.05) is 0 Å². The molecule has 2 aliphatic heterocycles. The predicted molar refractivity (Wildman–Crippen MR) is 85.4 cm³/mol. The molecule has 0 aromatic heterocycles. The standard InChI is InChI=1S/C15H23N3S/c1-12-9-15(10-16,11-19-12)18-8-7-17(2)13-5-3-4-6-14(13)18/h3-6,12H,7-11,16H2,1-2H3. The molecule has 0 spiro atoms. The number of likely N-dealkylation sites (N-methyl/N-ethyl adjacent to an activating group) is 1. The van der Waals surface area contributed by atoms with Crippen molar-refractivity contribution in [3.05, 3.63) is 24.3 Å². The number of hydrogen-bond acceptors (Lipinski definition) is 4. The van der Waals surface area contributed by atoms with Gasteiger partial charge >= 0.3 is 0 Å². The summed E-state index contributed by atoms with van der Waals surface area (Å²) < 4.78 is 0. The molecule has 19 heavy (non-hydrogen) atoms.